The van der Waals surface area contributed by atoms with Gasteiger partial charge in [-0.05, 0) is 27.8 Å². The van der Waals surface area contributed by atoms with Crippen LogP contribution in [0.1, 0.15) is 22.7 Å². The average molecular weight is 543 g/mol. The summed E-state index contributed by atoms with van der Waals surface area (Å²) in [5.41, 5.74) is 2.94. The van der Waals surface area contributed by atoms with Gasteiger partial charge in [-0.3, -0.25) is 24.6 Å². The Hall–Kier alpha value is -4.81. The lowest BCUT2D eigenvalue weighted by Crippen LogP contribution is -2.57. The minimum Gasteiger partial charge on any atom is -0.480 e. The van der Waals surface area contributed by atoms with Gasteiger partial charge in [0.2, 0.25) is 11.8 Å². The molecule has 0 bridgehead atoms. The lowest BCUT2D eigenvalue weighted by atomic mass is 9.76. The van der Waals surface area contributed by atoms with Gasteiger partial charge in [0.15, 0.2) is 0 Å². The van der Waals surface area contributed by atoms with Crippen LogP contribution in [-0.2, 0) is 20.8 Å². The van der Waals surface area contributed by atoms with Crippen LogP contribution in [0.25, 0.3) is 17.2 Å². The molecule has 0 aromatic heterocycles. The van der Waals surface area contributed by atoms with Gasteiger partial charge in [0, 0.05) is 19.0 Å². The number of nitrogens with zero attached hydrogens (tertiary/aromatic N) is 1. The van der Waals surface area contributed by atoms with Crippen LogP contribution in [0.2, 0.25) is 0 Å². The van der Waals surface area contributed by atoms with Crippen molar-refractivity contribution < 1.29 is 19.5 Å². The first kappa shape index (κ1) is 26.4. The zero-order valence-electron chi connectivity index (χ0n) is 22.4. The molecule has 2 aliphatic heterocycles. The number of nitrogens with one attached hydrogen (secondary N) is 1. The number of fused-ring (bicyclic) bond motifs is 1. The van der Waals surface area contributed by atoms with Crippen molar-refractivity contribution in [1.82, 2.24) is 10.2 Å². The van der Waals surface area contributed by atoms with E-state index in [1.54, 1.807) is 6.08 Å². The summed E-state index contributed by atoms with van der Waals surface area (Å²) in [4.78, 5) is 42.2. The third-order valence-electron chi connectivity index (χ3n) is 8.23. The number of amides is 2. The molecule has 2 heterocycles. The molecule has 0 spiro atoms. The fraction of sp³-hybridized carbons (Fsp3) is 0.171. The van der Waals surface area contributed by atoms with Crippen LogP contribution in [0, 0.1) is 11.8 Å². The second kappa shape index (κ2) is 11.0. The summed E-state index contributed by atoms with van der Waals surface area (Å²) < 4.78 is 0. The summed E-state index contributed by atoms with van der Waals surface area (Å²) in [6.07, 6.45) is 3.72. The number of carbonyl (C=O) groups is 3. The van der Waals surface area contributed by atoms with Crippen LogP contribution in [-0.4, -0.2) is 39.9 Å². The Balaban J connectivity index is 1.37. The molecule has 2 fully saturated rings. The van der Waals surface area contributed by atoms with Gasteiger partial charge in [0.05, 0.1) is 11.8 Å². The van der Waals surface area contributed by atoms with Crippen molar-refractivity contribution in [3.05, 3.63) is 138 Å². The molecule has 4 atom stereocenters. The Morgan fingerprint density at radius 1 is 0.780 bits per heavy atom. The summed E-state index contributed by atoms with van der Waals surface area (Å²) >= 11 is 0. The Morgan fingerprint density at radius 2 is 1.37 bits per heavy atom. The van der Waals surface area contributed by atoms with Crippen molar-refractivity contribution in [1.29, 1.82) is 0 Å². The van der Waals surface area contributed by atoms with Gasteiger partial charge in [-0.25, -0.2) is 0 Å². The minimum absolute atomic E-state index is 0.0790. The van der Waals surface area contributed by atoms with E-state index in [9.17, 15) is 19.5 Å². The van der Waals surface area contributed by atoms with E-state index in [1.807, 2.05) is 121 Å². The van der Waals surface area contributed by atoms with Gasteiger partial charge in [0.25, 0.3) is 0 Å². The van der Waals surface area contributed by atoms with Crippen molar-refractivity contribution in [2.45, 2.75) is 18.0 Å². The number of hydrogen-bond donors (Lipinski definition) is 2. The van der Waals surface area contributed by atoms with Crippen LogP contribution < -0.4 is 5.32 Å². The molecule has 0 saturated carbocycles. The van der Waals surface area contributed by atoms with E-state index in [1.165, 1.54) is 4.90 Å². The Bertz CT molecular complexity index is 1590. The first-order valence-electron chi connectivity index (χ1n) is 13.8. The summed E-state index contributed by atoms with van der Waals surface area (Å²) in [6, 6.07) is 36.0. The van der Waals surface area contributed by atoms with Crippen molar-refractivity contribution in [2.24, 2.45) is 11.8 Å². The number of aliphatic carboxylic acids is 1. The quantitative estimate of drug-likeness (QED) is 0.292. The molecule has 0 radical (unpaired) electrons. The predicted octanol–water partition coefficient (Wildman–Crippen LogP) is 5.38. The number of carboxylic acids is 1. The molecule has 2 aliphatic rings. The van der Waals surface area contributed by atoms with Gasteiger partial charge in [-0.1, -0.05) is 127 Å². The Labute approximate surface area is 239 Å². The molecule has 4 unspecified atom stereocenters. The number of carboxylic acid groups (broad SMARTS) is 1. The molecule has 2 amide bonds. The summed E-state index contributed by atoms with van der Waals surface area (Å²) in [7, 11) is 0. The van der Waals surface area contributed by atoms with E-state index >= 15 is 0 Å². The number of likely N-dealkylation sites (tertiary alicyclic amines) is 1. The highest BCUT2D eigenvalue weighted by atomic mass is 16.4. The molecule has 2 N–H and O–H groups in total. The molecule has 41 heavy (non-hydrogen) atoms. The zero-order valence-corrected chi connectivity index (χ0v) is 22.4. The van der Waals surface area contributed by atoms with Crippen LogP contribution in [0.5, 0.6) is 0 Å². The van der Waals surface area contributed by atoms with Crippen molar-refractivity contribution in [3.63, 3.8) is 0 Å². The number of rotatable bonds is 8. The first-order chi connectivity index (χ1) is 20.0. The van der Waals surface area contributed by atoms with Crippen molar-refractivity contribution >= 4 is 23.9 Å². The summed E-state index contributed by atoms with van der Waals surface area (Å²) in [5, 5.41) is 14.0. The van der Waals surface area contributed by atoms with Crippen LogP contribution in [0.4, 0.5) is 0 Å². The molecule has 6 rings (SSSR count). The van der Waals surface area contributed by atoms with Gasteiger partial charge >= 0.3 is 5.97 Å². The third-order valence-corrected chi connectivity index (χ3v) is 8.23. The molecule has 2 saturated heterocycles. The van der Waals surface area contributed by atoms with Crippen molar-refractivity contribution in [2.75, 3.05) is 6.54 Å². The van der Waals surface area contributed by atoms with Gasteiger partial charge in [-0.15, -0.1) is 0 Å². The molecule has 0 aliphatic carbocycles. The van der Waals surface area contributed by atoms with Crippen LogP contribution in [0.3, 0.4) is 0 Å². The third kappa shape index (κ3) is 4.87. The first-order valence-corrected chi connectivity index (χ1v) is 13.8. The Morgan fingerprint density at radius 3 is 2.00 bits per heavy atom. The molecular weight excluding hydrogens is 512 g/mol. The smallest absolute Gasteiger partial charge is 0.325 e. The maximum absolute atomic E-state index is 13.9. The van der Waals surface area contributed by atoms with E-state index in [4.69, 9.17) is 0 Å². The Kier molecular flexibility index (Phi) is 7.08. The van der Waals surface area contributed by atoms with Gasteiger partial charge < -0.3 is 5.11 Å². The highest BCUT2D eigenvalue weighted by molar-refractivity contribution is 6.09. The monoisotopic (exact) mass is 542 g/mol. The second-order valence-electron chi connectivity index (χ2n) is 10.7. The van der Waals surface area contributed by atoms with Gasteiger partial charge in [-0.2, -0.15) is 0 Å². The standard InChI is InChI=1S/C35H30N2O4/c38-32-29-30(33(39)37(32)22-10-15-24-11-4-1-5-12-24)35(34(40)41,23-25-13-6-2-7-14-25)36-31(29)28-20-18-27(19-21-28)26-16-8-3-9-17-26/h1-21,29-31,36H,22-23H2,(H,40,41). The second-order valence-corrected chi connectivity index (χ2v) is 10.7. The fourth-order valence-electron chi connectivity index (χ4n) is 6.25. The highest BCUT2D eigenvalue weighted by Gasteiger charge is 2.68. The minimum atomic E-state index is -1.64. The maximum Gasteiger partial charge on any atom is 0.325 e. The number of hydrogen-bond acceptors (Lipinski definition) is 4. The van der Waals surface area contributed by atoms with E-state index in [0.717, 1.165) is 27.8 Å². The maximum atomic E-state index is 13.9. The van der Waals surface area contributed by atoms with Gasteiger partial charge in [0.1, 0.15) is 5.54 Å². The lowest BCUT2D eigenvalue weighted by molar-refractivity contribution is -0.151. The van der Waals surface area contributed by atoms with E-state index in [0.29, 0.717) is 0 Å². The fourth-order valence-corrected chi connectivity index (χ4v) is 6.25. The lowest BCUT2D eigenvalue weighted by Gasteiger charge is -2.31. The molecule has 6 nitrogen and oxygen atoms in total. The average Bonchev–Trinajstić information content (AvgIpc) is 3.48. The van der Waals surface area contributed by atoms with E-state index in [2.05, 4.69) is 5.32 Å². The topological polar surface area (TPSA) is 86.7 Å². The zero-order chi connectivity index (χ0) is 28.4. The normalized spacial score (nSPS) is 23.7. The highest BCUT2D eigenvalue weighted by Crippen LogP contribution is 2.50. The molecule has 204 valence electrons. The van der Waals surface area contributed by atoms with Crippen LogP contribution >= 0.6 is 0 Å². The molecule has 4 aromatic rings. The van der Waals surface area contributed by atoms with E-state index < -0.39 is 35.3 Å². The van der Waals surface area contributed by atoms with Crippen molar-refractivity contribution in [3.8, 4) is 11.1 Å². The molecule has 6 heteroatoms. The van der Waals surface area contributed by atoms with Crippen LogP contribution in [0.15, 0.2) is 121 Å². The molecular formula is C35H30N2O4. The number of imide groups is 1. The van der Waals surface area contributed by atoms with E-state index in [-0.39, 0.29) is 18.9 Å². The summed E-state index contributed by atoms with van der Waals surface area (Å²) in [6.45, 7) is 0.0836. The largest absolute Gasteiger partial charge is 0.480 e. The predicted molar refractivity (Wildman–Crippen MR) is 157 cm³/mol. The number of carbonyl (C=O) groups excluding carboxylic acids is 2. The summed E-state index contributed by atoms with van der Waals surface area (Å²) in [5.74, 6) is -3.82. The molecule has 4 aromatic carbocycles. The number of benzene rings is 4. The SMILES string of the molecule is O=C1C2C(c3ccc(-c4ccccc4)cc3)NC(Cc3ccccc3)(C(=O)O)C2C(=O)N1CC=Cc1ccccc1.